The first-order valence-corrected chi connectivity index (χ1v) is 10.3. The zero-order valence-electron chi connectivity index (χ0n) is 15.4. The van der Waals surface area contributed by atoms with Crippen LogP contribution in [0.2, 0.25) is 0 Å². The first-order valence-electron chi connectivity index (χ1n) is 9.28. The van der Waals surface area contributed by atoms with Crippen molar-refractivity contribution in [2.45, 2.75) is 31.6 Å². The average Bonchev–Trinajstić information content (AvgIpc) is 2.70. The van der Waals surface area contributed by atoms with Crippen LogP contribution in [0.4, 0.5) is 0 Å². The predicted molar refractivity (Wildman–Crippen MR) is 114 cm³/mol. The van der Waals surface area contributed by atoms with E-state index in [1.165, 1.54) is 36.6 Å². The van der Waals surface area contributed by atoms with Gasteiger partial charge in [-0.3, -0.25) is 4.90 Å². The van der Waals surface area contributed by atoms with E-state index in [9.17, 15) is 5.11 Å². The largest absolute Gasteiger partial charge is 0.508 e. The lowest BCUT2D eigenvalue weighted by molar-refractivity contribution is 0.218. The number of nitrogens with zero attached hydrogens (tertiary/aromatic N) is 3. The van der Waals surface area contributed by atoms with Gasteiger partial charge in [-0.15, -0.1) is 5.10 Å². The number of amidine groups is 1. The van der Waals surface area contributed by atoms with Gasteiger partial charge in [-0.2, -0.15) is 5.10 Å². The highest BCUT2D eigenvalue weighted by Gasteiger charge is 2.12. The lowest BCUT2D eigenvalue weighted by atomic mass is 10.1. The summed E-state index contributed by atoms with van der Waals surface area (Å²) in [6.45, 7) is 2.96. The Bertz CT molecular complexity index is 786. The van der Waals surface area contributed by atoms with Crippen LogP contribution < -0.4 is 5.73 Å². The molecule has 27 heavy (non-hydrogen) atoms. The molecule has 0 saturated carbocycles. The van der Waals surface area contributed by atoms with Gasteiger partial charge in [0.25, 0.3) is 0 Å². The van der Waals surface area contributed by atoms with Crippen molar-refractivity contribution in [1.82, 2.24) is 4.90 Å². The normalized spacial score (nSPS) is 16.1. The van der Waals surface area contributed by atoms with Gasteiger partial charge in [0, 0.05) is 17.9 Å². The van der Waals surface area contributed by atoms with Crippen molar-refractivity contribution in [3.8, 4) is 5.75 Å². The van der Waals surface area contributed by atoms with E-state index in [0.29, 0.717) is 10.9 Å². The summed E-state index contributed by atoms with van der Waals surface area (Å²) in [5.74, 6) is 1.10. The van der Waals surface area contributed by atoms with Crippen molar-refractivity contribution >= 4 is 23.1 Å². The molecule has 1 aliphatic rings. The van der Waals surface area contributed by atoms with Gasteiger partial charge in [0.1, 0.15) is 5.75 Å². The van der Waals surface area contributed by atoms with E-state index < -0.39 is 0 Å². The SMILES string of the molecule is NC(=NN=Cc1ccc(O)c(CN2CCCCC2)c1)SCc1ccccc1. The molecule has 6 heteroatoms. The smallest absolute Gasteiger partial charge is 0.180 e. The van der Waals surface area contributed by atoms with Gasteiger partial charge < -0.3 is 10.8 Å². The molecule has 0 aromatic heterocycles. The van der Waals surface area contributed by atoms with Crippen LogP contribution in [0.15, 0.2) is 58.7 Å². The molecule has 1 fully saturated rings. The molecule has 2 aromatic carbocycles. The van der Waals surface area contributed by atoms with E-state index in [2.05, 4.69) is 27.2 Å². The number of phenolic OH excluding ortho intramolecular Hbond substituents is 1. The monoisotopic (exact) mass is 382 g/mol. The summed E-state index contributed by atoms with van der Waals surface area (Å²) in [4.78, 5) is 2.38. The van der Waals surface area contributed by atoms with Crippen molar-refractivity contribution < 1.29 is 5.11 Å². The Morgan fingerprint density at radius 1 is 1.11 bits per heavy atom. The maximum absolute atomic E-state index is 10.1. The minimum atomic E-state index is 0.333. The van der Waals surface area contributed by atoms with Crippen molar-refractivity contribution in [2.75, 3.05) is 13.1 Å². The molecule has 0 aliphatic carbocycles. The van der Waals surface area contributed by atoms with Crippen molar-refractivity contribution in [2.24, 2.45) is 15.9 Å². The number of piperidine rings is 1. The molecule has 3 rings (SSSR count). The van der Waals surface area contributed by atoms with Crippen LogP contribution in [0.25, 0.3) is 0 Å². The second kappa shape index (κ2) is 10.1. The molecule has 0 spiro atoms. The number of thioether (sulfide) groups is 1. The molecule has 142 valence electrons. The number of hydrogen-bond acceptors (Lipinski definition) is 5. The third-order valence-electron chi connectivity index (χ3n) is 4.54. The molecule has 1 heterocycles. The van der Waals surface area contributed by atoms with Gasteiger partial charge >= 0.3 is 0 Å². The van der Waals surface area contributed by atoms with Crippen LogP contribution in [0, 0.1) is 0 Å². The van der Waals surface area contributed by atoms with Gasteiger partial charge in [-0.1, -0.05) is 48.5 Å². The van der Waals surface area contributed by atoms with Crippen LogP contribution in [-0.2, 0) is 12.3 Å². The van der Waals surface area contributed by atoms with Crippen LogP contribution in [0.5, 0.6) is 5.75 Å². The molecule has 1 aliphatic heterocycles. The zero-order valence-corrected chi connectivity index (χ0v) is 16.2. The van der Waals surface area contributed by atoms with Gasteiger partial charge in [0.2, 0.25) is 0 Å². The first-order chi connectivity index (χ1) is 13.2. The second-order valence-corrected chi connectivity index (χ2v) is 7.68. The van der Waals surface area contributed by atoms with Gasteiger partial charge in [0.15, 0.2) is 5.17 Å². The molecule has 0 unspecified atom stereocenters. The van der Waals surface area contributed by atoms with E-state index in [4.69, 9.17) is 5.73 Å². The molecular formula is C21H26N4OS. The fraction of sp³-hybridized carbons (Fsp3) is 0.333. The van der Waals surface area contributed by atoms with E-state index >= 15 is 0 Å². The minimum absolute atomic E-state index is 0.333. The molecule has 0 amide bonds. The van der Waals surface area contributed by atoms with E-state index in [0.717, 1.165) is 36.5 Å². The Balaban J connectivity index is 1.56. The number of likely N-dealkylation sites (tertiary alicyclic amines) is 1. The summed E-state index contributed by atoms with van der Waals surface area (Å²) in [5, 5.41) is 18.7. The maximum atomic E-state index is 10.1. The summed E-state index contributed by atoms with van der Waals surface area (Å²) in [6.07, 6.45) is 5.44. The molecule has 3 N–H and O–H groups in total. The van der Waals surface area contributed by atoms with Crippen LogP contribution in [0.3, 0.4) is 0 Å². The number of rotatable bonds is 6. The highest BCUT2D eigenvalue weighted by atomic mass is 32.2. The third-order valence-corrected chi connectivity index (χ3v) is 5.39. The lowest BCUT2D eigenvalue weighted by Gasteiger charge is -2.26. The van der Waals surface area contributed by atoms with E-state index in [-0.39, 0.29) is 0 Å². The number of benzene rings is 2. The van der Waals surface area contributed by atoms with Crippen LogP contribution in [-0.4, -0.2) is 34.5 Å². The highest BCUT2D eigenvalue weighted by molar-refractivity contribution is 8.13. The molecule has 1 saturated heterocycles. The van der Waals surface area contributed by atoms with E-state index in [1.807, 2.05) is 30.3 Å². The quantitative estimate of drug-likeness (QED) is 0.450. The molecule has 0 radical (unpaired) electrons. The van der Waals surface area contributed by atoms with Crippen molar-refractivity contribution in [3.63, 3.8) is 0 Å². The van der Waals surface area contributed by atoms with Crippen molar-refractivity contribution in [1.29, 1.82) is 0 Å². The first kappa shape index (κ1) is 19.5. The average molecular weight is 383 g/mol. The molecule has 0 bridgehead atoms. The topological polar surface area (TPSA) is 74.2 Å². The number of aromatic hydroxyl groups is 1. The molecule has 2 aromatic rings. The summed E-state index contributed by atoms with van der Waals surface area (Å²) in [5.41, 5.74) is 8.95. The molecular weight excluding hydrogens is 356 g/mol. The standard InChI is InChI=1S/C21H26N4OS/c22-21(27-16-17-7-3-1-4-8-17)24-23-14-18-9-10-20(26)19(13-18)15-25-11-5-2-6-12-25/h1,3-4,7-10,13-14,26H,2,5-6,11-12,15-16H2,(H2,22,24). The highest BCUT2D eigenvalue weighted by Crippen LogP contribution is 2.22. The maximum Gasteiger partial charge on any atom is 0.180 e. The van der Waals surface area contributed by atoms with E-state index in [1.54, 1.807) is 12.3 Å². The Hall–Kier alpha value is -2.31. The van der Waals surface area contributed by atoms with Gasteiger partial charge in [-0.25, -0.2) is 0 Å². The Morgan fingerprint density at radius 2 is 1.89 bits per heavy atom. The summed E-state index contributed by atoms with van der Waals surface area (Å²) < 4.78 is 0. The Kier molecular flexibility index (Phi) is 7.30. The zero-order chi connectivity index (χ0) is 18.9. The third kappa shape index (κ3) is 6.41. The number of phenols is 1. The van der Waals surface area contributed by atoms with Crippen molar-refractivity contribution in [3.05, 3.63) is 65.2 Å². The van der Waals surface area contributed by atoms with Gasteiger partial charge in [0.05, 0.1) is 6.21 Å². The minimum Gasteiger partial charge on any atom is -0.508 e. The summed E-state index contributed by atoms with van der Waals surface area (Å²) in [7, 11) is 0. The summed E-state index contributed by atoms with van der Waals surface area (Å²) >= 11 is 1.46. The Morgan fingerprint density at radius 3 is 2.67 bits per heavy atom. The fourth-order valence-corrected chi connectivity index (χ4v) is 3.70. The molecule has 0 atom stereocenters. The van der Waals surface area contributed by atoms with Crippen LogP contribution in [0.1, 0.15) is 36.0 Å². The second-order valence-electron chi connectivity index (χ2n) is 6.68. The predicted octanol–water partition coefficient (Wildman–Crippen LogP) is 3.96. The lowest BCUT2D eigenvalue weighted by Crippen LogP contribution is -2.29. The number of hydrogen-bond donors (Lipinski definition) is 2. The summed E-state index contributed by atoms with van der Waals surface area (Å²) in [6, 6.07) is 15.7. The van der Waals surface area contributed by atoms with Gasteiger partial charge in [-0.05, 0) is 55.3 Å². The Labute approximate surface area is 165 Å². The fourth-order valence-electron chi connectivity index (χ4n) is 3.08. The number of nitrogens with two attached hydrogens (primary N) is 1. The molecule has 5 nitrogen and oxygen atoms in total. The van der Waals surface area contributed by atoms with Crippen LogP contribution >= 0.6 is 11.8 Å².